The molecule has 0 aromatic rings. The zero-order chi connectivity index (χ0) is 12.9. The van der Waals surface area contributed by atoms with Crippen molar-refractivity contribution < 1.29 is 9.26 Å². The number of rotatable bonds is 5. The van der Waals surface area contributed by atoms with Gasteiger partial charge in [0.25, 0.3) is 0 Å². The van der Waals surface area contributed by atoms with Crippen molar-refractivity contribution in [2.75, 3.05) is 14.1 Å². The van der Waals surface area contributed by atoms with E-state index in [0.717, 1.165) is 22.8 Å². The van der Waals surface area contributed by atoms with Crippen LogP contribution in [0.15, 0.2) is 22.8 Å². The van der Waals surface area contributed by atoms with Gasteiger partial charge in [-0.2, -0.15) is 0 Å². The lowest BCUT2D eigenvalue weighted by molar-refractivity contribution is -0.440. The van der Waals surface area contributed by atoms with Gasteiger partial charge in [0, 0.05) is 20.9 Å². The minimum absolute atomic E-state index is 0.899. The van der Waals surface area contributed by atoms with Crippen LogP contribution in [0.4, 0.5) is 0 Å². The number of hydrogen-bond acceptors (Lipinski definition) is 1. The van der Waals surface area contributed by atoms with Crippen molar-refractivity contribution in [3.8, 4) is 0 Å². The molecule has 0 amide bonds. The predicted molar refractivity (Wildman–Crippen MR) is 69.9 cm³/mol. The van der Waals surface area contributed by atoms with Gasteiger partial charge in [-0.25, -0.2) is 9.26 Å². The topological polar surface area (TPSA) is 32.1 Å². The zero-order valence-corrected chi connectivity index (χ0v) is 11.3. The number of nitrogens with zero attached hydrogens (tertiary/aromatic N) is 3. The minimum atomic E-state index is 0.899. The number of hydrogen-bond donors (Lipinski definition) is 1. The van der Waals surface area contributed by atoms with E-state index in [4.69, 9.17) is 0 Å². The van der Waals surface area contributed by atoms with E-state index in [9.17, 15) is 0 Å². The lowest BCUT2D eigenvalue weighted by Gasteiger charge is -2.18. The predicted octanol–water partition coefficient (Wildman–Crippen LogP) is 2.05. The molecular formula is C12H23N4+. The van der Waals surface area contributed by atoms with Gasteiger partial charge in [-0.15, -0.1) is 0 Å². The molecule has 0 rings (SSSR count). The van der Waals surface area contributed by atoms with E-state index in [0.29, 0.717) is 0 Å². The summed E-state index contributed by atoms with van der Waals surface area (Å²) in [5.41, 5.74) is 8.34. The monoisotopic (exact) mass is 223 g/mol. The van der Waals surface area contributed by atoms with Gasteiger partial charge in [0.15, 0.2) is 11.4 Å². The van der Waals surface area contributed by atoms with Gasteiger partial charge < -0.3 is 10.7 Å². The van der Waals surface area contributed by atoms with Crippen LogP contribution in [0.25, 0.3) is 5.43 Å². The van der Waals surface area contributed by atoms with Crippen molar-refractivity contribution in [1.29, 1.82) is 0 Å². The molecule has 1 N–H and O–H groups in total. The Labute approximate surface area is 98.7 Å². The largest absolute Gasteiger partial charge is 0.403 e. The summed E-state index contributed by atoms with van der Waals surface area (Å²) in [6.07, 6.45) is 0. The van der Waals surface area contributed by atoms with Crippen LogP contribution >= 0.6 is 0 Å². The molecule has 0 aromatic heterocycles. The Bertz CT molecular complexity index is 361. The van der Waals surface area contributed by atoms with Crippen molar-refractivity contribution in [2.24, 2.45) is 0 Å². The van der Waals surface area contributed by atoms with E-state index in [1.54, 1.807) is 9.26 Å². The fourth-order valence-corrected chi connectivity index (χ4v) is 0.979. The van der Waals surface area contributed by atoms with E-state index in [1.165, 1.54) is 0 Å². The van der Waals surface area contributed by atoms with Crippen molar-refractivity contribution in [3.05, 3.63) is 28.2 Å². The second kappa shape index (κ2) is 6.10. The quantitative estimate of drug-likeness (QED) is 0.432. The van der Waals surface area contributed by atoms with Crippen molar-refractivity contribution in [2.45, 2.75) is 27.7 Å². The van der Waals surface area contributed by atoms with Crippen molar-refractivity contribution >= 4 is 13.4 Å². The van der Waals surface area contributed by atoms with Crippen LogP contribution in [0.5, 0.6) is 0 Å². The molecule has 90 valence electrons. The van der Waals surface area contributed by atoms with Gasteiger partial charge in [0.2, 0.25) is 0 Å². The van der Waals surface area contributed by atoms with Crippen molar-refractivity contribution in [1.82, 2.24) is 5.32 Å². The molecule has 0 aliphatic rings. The molecule has 0 bridgehead atoms. The normalized spacial score (nSPS) is 13.6. The standard InChI is InChI=1S/C12H23N4/c1-9(13-5)12(4)16(8)14-10(2)11(3)15(6)7/h13H,6,8H2,1-5,7H3/q+1. The summed E-state index contributed by atoms with van der Waals surface area (Å²) in [5.74, 6) is 0. The van der Waals surface area contributed by atoms with Crippen molar-refractivity contribution in [3.63, 3.8) is 0 Å². The molecule has 0 saturated carbocycles. The van der Waals surface area contributed by atoms with Crippen LogP contribution < -0.4 is 5.32 Å². The molecule has 4 nitrogen and oxygen atoms in total. The zero-order valence-electron chi connectivity index (χ0n) is 11.3. The van der Waals surface area contributed by atoms with Gasteiger partial charge >= 0.3 is 0 Å². The van der Waals surface area contributed by atoms with E-state index in [2.05, 4.69) is 24.2 Å². The van der Waals surface area contributed by atoms with Gasteiger partial charge in [-0.3, -0.25) is 0 Å². The Morgan fingerprint density at radius 3 is 1.94 bits per heavy atom. The molecular weight excluding hydrogens is 200 g/mol. The molecule has 0 radical (unpaired) electrons. The first-order valence-electron chi connectivity index (χ1n) is 5.20. The third-order valence-corrected chi connectivity index (χ3v) is 2.67. The Morgan fingerprint density at radius 2 is 1.56 bits per heavy atom. The highest BCUT2D eigenvalue weighted by molar-refractivity contribution is 5.24. The summed E-state index contributed by atoms with van der Waals surface area (Å²) in [4.78, 5) is 0. The molecule has 0 aromatic carbocycles. The van der Waals surface area contributed by atoms with Crippen LogP contribution in [-0.4, -0.2) is 36.8 Å². The fraction of sp³-hybridized carbons (Fsp3) is 0.500. The van der Waals surface area contributed by atoms with Crippen LogP contribution in [0, 0.1) is 0 Å². The second-order valence-corrected chi connectivity index (χ2v) is 3.83. The average molecular weight is 223 g/mol. The average Bonchev–Trinajstić information content (AvgIpc) is 2.25. The second-order valence-electron chi connectivity index (χ2n) is 3.83. The fourth-order valence-electron chi connectivity index (χ4n) is 0.979. The van der Waals surface area contributed by atoms with E-state index in [-0.39, 0.29) is 0 Å². The van der Waals surface area contributed by atoms with Crippen LogP contribution in [0.1, 0.15) is 27.7 Å². The maximum absolute atomic E-state index is 4.39. The van der Waals surface area contributed by atoms with Gasteiger partial charge in [-0.1, -0.05) is 6.92 Å². The molecule has 0 aliphatic carbocycles. The Hall–Kier alpha value is -1.58. The number of nitrogens with one attached hydrogen (secondary N) is 1. The SMILES string of the molecule is C=[N+](C)C(C)=C(C)[N-][N+](=C)C(C)=C(C)NC. The summed E-state index contributed by atoms with van der Waals surface area (Å²) in [7, 11) is 3.77. The summed E-state index contributed by atoms with van der Waals surface area (Å²) < 4.78 is 3.41. The van der Waals surface area contributed by atoms with E-state index >= 15 is 0 Å². The van der Waals surface area contributed by atoms with Crippen LogP contribution in [-0.2, 0) is 0 Å². The van der Waals surface area contributed by atoms with E-state index < -0.39 is 0 Å². The summed E-state index contributed by atoms with van der Waals surface area (Å²) in [5, 5.41) is 3.07. The Morgan fingerprint density at radius 1 is 1.06 bits per heavy atom. The summed E-state index contributed by atoms with van der Waals surface area (Å²) >= 11 is 0. The summed E-state index contributed by atoms with van der Waals surface area (Å²) in [6, 6.07) is 0. The molecule has 0 atom stereocenters. The molecule has 0 fully saturated rings. The first kappa shape index (κ1) is 14.4. The molecule has 0 saturated heterocycles. The highest BCUT2D eigenvalue weighted by Gasteiger charge is 2.04. The lowest BCUT2D eigenvalue weighted by atomic mass is 10.3. The molecule has 4 heteroatoms. The third-order valence-electron chi connectivity index (χ3n) is 2.67. The first-order chi connectivity index (χ1) is 7.31. The molecule has 0 unspecified atom stereocenters. The van der Waals surface area contributed by atoms with Gasteiger partial charge in [-0.05, 0) is 12.6 Å². The summed E-state index contributed by atoms with van der Waals surface area (Å²) in [6.45, 7) is 15.6. The molecule has 16 heavy (non-hydrogen) atoms. The lowest BCUT2D eigenvalue weighted by Crippen LogP contribution is -2.12. The smallest absolute Gasteiger partial charge is 0.192 e. The highest BCUT2D eigenvalue weighted by atomic mass is 15.4. The minimum Gasteiger partial charge on any atom is -0.403 e. The molecule has 0 aliphatic heterocycles. The number of allylic oxidation sites excluding steroid dienone is 4. The Kier molecular flexibility index (Phi) is 5.50. The maximum Gasteiger partial charge on any atom is 0.192 e. The first-order valence-corrected chi connectivity index (χ1v) is 5.20. The van der Waals surface area contributed by atoms with E-state index in [1.807, 2.05) is 41.8 Å². The highest BCUT2D eigenvalue weighted by Crippen LogP contribution is 2.14. The van der Waals surface area contributed by atoms with Crippen LogP contribution in [0.2, 0.25) is 0 Å². The third kappa shape index (κ3) is 3.88. The van der Waals surface area contributed by atoms with Gasteiger partial charge in [0.1, 0.15) is 20.5 Å². The van der Waals surface area contributed by atoms with Crippen LogP contribution in [0.3, 0.4) is 0 Å². The Balaban J connectivity index is 4.85. The molecule has 0 heterocycles. The molecule has 0 spiro atoms. The van der Waals surface area contributed by atoms with Gasteiger partial charge in [0.05, 0.1) is 5.70 Å². The maximum atomic E-state index is 4.39.